The molecule has 1 atom stereocenters. The zero-order valence-electron chi connectivity index (χ0n) is 18.4. The number of hydrogen-bond donors (Lipinski definition) is 2. The van der Waals surface area contributed by atoms with E-state index in [4.69, 9.17) is 4.74 Å². The second kappa shape index (κ2) is 8.34. The minimum absolute atomic E-state index is 0.175. The molecular weight excluding hydrogens is 437 g/mol. The molecule has 10 nitrogen and oxygen atoms in total. The average molecular weight is 459 g/mol. The van der Waals surface area contributed by atoms with Crippen molar-refractivity contribution < 1.29 is 9.13 Å². The first kappa shape index (κ1) is 20.5. The molecule has 6 rings (SSSR count). The maximum Gasteiger partial charge on any atom is 0.176 e. The summed E-state index contributed by atoms with van der Waals surface area (Å²) in [6.07, 6.45) is 8.52. The van der Waals surface area contributed by atoms with Crippen LogP contribution in [-0.4, -0.2) is 55.1 Å². The minimum atomic E-state index is -0.422. The van der Waals surface area contributed by atoms with E-state index in [0.29, 0.717) is 45.6 Å². The molecule has 0 bridgehead atoms. The zero-order chi connectivity index (χ0) is 23.1. The number of aromatic nitrogens is 5. The number of nitrogens with zero attached hydrogens (tertiary/aromatic N) is 7. The van der Waals surface area contributed by atoms with Crippen molar-refractivity contribution >= 4 is 29.1 Å². The SMILES string of the molecule is Cc1c(Oc2ccn3ncnc3c2)ccc(Nc2ncnc3c2NC(N2CCCC2)N=C3)c1F. The molecule has 5 heterocycles. The molecule has 0 radical (unpaired) electrons. The lowest BCUT2D eigenvalue weighted by molar-refractivity contribution is 0.274. The van der Waals surface area contributed by atoms with Crippen molar-refractivity contribution in [2.45, 2.75) is 26.1 Å². The van der Waals surface area contributed by atoms with Crippen LogP contribution in [0.25, 0.3) is 5.65 Å². The number of anilines is 3. The van der Waals surface area contributed by atoms with Crippen LogP contribution in [0.2, 0.25) is 0 Å². The maximum absolute atomic E-state index is 15.3. The van der Waals surface area contributed by atoms with E-state index in [1.54, 1.807) is 48.1 Å². The number of benzene rings is 1. The predicted molar refractivity (Wildman–Crippen MR) is 125 cm³/mol. The second-order valence-electron chi connectivity index (χ2n) is 8.22. The lowest BCUT2D eigenvalue weighted by atomic mass is 10.1. The van der Waals surface area contributed by atoms with Crippen LogP contribution in [0.15, 0.2) is 48.1 Å². The topological polar surface area (TPSA) is 105 Å². The molecule has 0 amide bonds. The van der Waals surface area contributed by atoms with Crippen molar-refractivity contribution in [3.8, 4) is 11.5 Å². The minimum Gasteiger partial charge on any atom is -0.457 e. The lowest BCUT2D eigenvalue weighted by Crippen LogP contribution is -2.39. The fraction of sp³-hybridized carbons (Fsp3) is 0.261. The Hall–Kier alpha value is -4.12. The molecule has 11 heteroatoms. The Morgan fingerprint density at radius 2 is 2.00 bits per heavy atom. The lowest BCUT2D eigenvalue weighted by Gasteiger charge is -2.29. The Kier molecular flexibility index (Phi) is 5.02. The molecule has 1 unspecified atom stereocenters. The van der Waals surface area contributed by atoms with Crippen molar-refractivity contribution in [3.63, 3.8) is 0 Å². The number of nitrogens with one attached hydrogen (secondary N) is 2. The van der Waals surface area contributed by atoms with Gasteiger partial charge in [0.2, 0.25) is 0 Å². The Bertz CT molecular complexity index is 1400. The molecule has 2 aliphatic heterocycles. The van der Waals surface area contributed by atoms with Gasteiger partial charge in [0, 0.05) is 30.9 Å². The first-order valence-electron chi connectivity index (χ1n) is 11.1. The smallest absolute Gasteiger partial charge is 0.176 e. The van der Waals surface area contributed by atoms with Crippen LogP contribution < -0.4 is 15.4 Å². The first-order chi connectivity index (χ1) is 16.7. The molecule has 3 aromatic heterocycles. The van der Waals surface area contributed by atoms with E-state index < -0.39 is 5.82 Å². The molecule has 34 heavy (non-hydrogen) atoms. The maximum atomic E-state index is 15.3. The van der Waals surface area contributed by atoms with Gasteiger partial charge in [-0.3, -0.25) is 9.89 Å². The zero-order valence-corrected chi connectivity index (χ0v) is 18.4. The number of pyridine rings is 1. The fourth-order valence-corrected chi connectivity index (χ4v) is 4.20. The van der Waals surface area contributed by atoms with Crippen molar-refractivity contribution in [2.75, 3.05) is 23.7 Å². The van der Waals surface area contributed by atoms with E-state index >= 15 is 4.39 Å². The molecule has 1 aromatic carbocycles. The Morgan fingerprint density at radius 1 is 1.12 bits per heavy atom. The summed E-state index contributed by atoms with van der Waals surface area (Å²) >= 11 is 0. The highest BCUT2D eigenvalue weighted by Crippen LogP contribution is 2.34. The summed E-state index contributed by atoms with van der Waals surface area (Å²) in [4.78, 5) is 19.6. The van der Waals surface area contributed by atoms with E-state index in [-0.39, 0.29) is 6.29 Å². The standard InChI is InChI=1S/C23H22FN9O/c1-14-18(34-15-6-9-33-19(10-15)27-13-29-33)5-4-16(20(14)24)30-22-21-17(26-12-28-22)11-25-23(31-21)32-7-2-3-8-32/h4-6,9-13,23,31H,2-3,7-8H2,1H3,(H,26,28,30). The highest BCUT2D eigenvalue weighted by atomic mass is 19.1. The van der Waals surface area contributed by atoms with Crippen LogP contribution in [0.5, 0.6) is 11.5 Å². The third kappa shape index (κ3) is 3.69. The van der Waals surface area contributed by atoms with E-state index in [2.05, 4.69) is 40.6 Å². The van der Waals surface area contributed by atoms with Crippen LogP contribution in [0.4, 0.5) is 21.6 Å². The fourth-order valence-electron chi connectivity index (χ4n) is 4.20. The van der Waals surface area contributed by atoms with Crippen LogP contribution >= 0.6 is 0 Å². The number of halogens is 1. The van der Waals surface area contributed by atoms with Gasteiger partial charge < -0.3 is 15.4 Å². The summed E-state index contributed by atoms with van der Waals surface area (Å²) in [7, 11) is 0. The molecular formula is C23H22FN9O. The molecule has 0 spiro atoms. The van der Waals surface area contributed by atoms with Crippen molar-refractivity contribution in [1.29, 1.82) is 0 Å². The highest BCUT2D eigenvalue weighted by Gasteiger charge is 2.26. The number of ether oxygens (including phenoxy) is 1. The van der Waals surface area contributed by atoms with E-state index in [0.717, 1.165) is 25.9 Å². The van der Waals surface area contributed by atoms with Gasteiger partial charge >= 0.3 is 0 Å². The number of aliphatic imine (C=N–C) groups is 1. The van der Waals surface area contributed by atoms with E-state index in [1.165, 1.54) is 12.7 Å². The van der Waals surface area contributed by atoms with Gasteiger partial charge in [0.05, 0.1) is 11.9 Å². The number of fused-ring (bicyclic) bond motifs is 2. The van der Waals surface area contributed by atoms with Gasteiger partial charge in [-0.05, 0) is 38.0 Å². The van der Waals surface area contributed by atoms with Gasteiger partial charge in [0.1, 0.15) is 35.5 Å². The molecule has 1 saturated heterocycles. The number of hydrogen-bond acceptors (Lipinski definition) is 9. The second-order valence-corrected chi connectivity index (χ2v) is 8.22. The van der Waals surface area contributed by atoms with Gasteiger partial charge in [-0.1, -0.05) is 0 Å². The van der Waals surface area contributed by atoms with Gasteiger partial charge in [0.15, 0.2) is 23.6 Å². The molecule has 2 N–H and O–H groups in total. The molecule has 172 valence electrons. The van der Waals surface area contributed by atoms with Crippen molar-refractivity contribution in [1.82, 2.24) is 29.5 Å². The van der Waals surface area contributed by atoms with Crippen LogP contribution in [0, 0.1) is 12.7 Å². The third-order valence-corrected chi connectivity index (χ3v) is 6.04. The summed E-state index contributed by atoms with van der Waals surface area (Å²) in [5.74, 6) is 1.03. The molecule has 4 aromatic rings. The van der Waals surface area contributed by atoms with Gasteiger partial charge in [0.25, 0.3) is 0 Å². The monoisotopic (exact) mass is 459 g/mol. The Balaban J connectivity index is 1.25. The Labute approximate surface area is 194 Å². The van der Waals surface area contributed by atoms with E-state index in [1.807, 2.05) is 0 Å². The summed E-state index contributed by atoms with van der Waals surface area (Å²) < 4.78 is 22.9. The van der Waals surface area contributed by atoms with Crippen molar-refractivity contribution in [3.05, 3.63) is 60.2 Å². The van der Waals surface area contributed by atoms with Gasteiger partial charge in [-0.25, -0.2) is 23.9 Å². The van der Waals surface area contributed by atoms with Gasteiger partial charge in [-0.15, -0.1) is 0 Å². The largest absolute Gasteiger partial charge is 0.457 e. The van der Waals surface area contributed by atoms with E-state index in [9.17, 15) is 0 Å². The van der Waals surface area contributed by atoms with Crippen molar-refractivity contribution in [2.24, 2.45) is 4.99 Å². The molecule has 2 aliphatic rings. The molecule has 1 fully saturated rings. The number of likely N-dealkylation sites (tertiary alicyclic amines) is 1. The first-order valence-corrected chi connectivity index (χ1v) is 11.1. The van der Waals surface area contributed by atoms with Crippen LogP contribution in [0.1, 0.15) is 24.1 Å². The average Bonchev–Trinajstić information content (AvgIpc) is 3.56. The van der Waals surface area contributed by atoms with Crippen LogP contribution in [-0.2, 0) is 0 Å². The third-order valence-electron chi connectivity index (χ3n) is 6.04. The summed E-state index contributed by atoms with van der Waals surface area (Å²) in [6.45, 7) is 3.65. The molecule has 0 aliphatic carbocycles. The summed E-state index contributed by atoms with van der Waals surface area (Å²) in [5, 5.41) is 10.6. The van der Waals surface area contributed by atoms with Crippen LogP contribution in [0.3, 0.4) is 0 Å². The molecule has 0 saturated carbocycles. The highest BCUT2D eigenvalue weighted by molar-refractivity contribution is 5.92. The normalized spacial score (nSPS) is 17.5. The summed E-state index contributed by atoms with van der Waals surface area (Å²) in [6, 6.07) is 6.86. The summed E-state index contributed by atoms with van der Waals surface area (Å²) in [5.41, 5.74) is 2.67. The quantitative estimate of drug-likeness (QED) is 0.465. The van der Waals surface area contributed by atoms with Gasteiger partial charge in [-0.2, -0.15) is 5.10 Å². The predicted octanol–water partition coefficient (Wildman–Crippen LogP) is 3.73. The number of rotatable bonds is 5. The Morgan fingerprint density at radius 3 is 2.88 bits per heavy atom.